The van der Waals surface area contributed by atoms with Gasteiger partial charge in [-0.2, -0.15) is 5.26 Å². The molecular weight excluding hydrogens is 352 g/mol. The minimum absolute atomic E-state index is 0.0997. The molecule has 0 unspecified atom stereocenters. The van der Waals surface area contributed by atoms with E-state index in [1.807, 2.05) is 43.3 Å². The molecule has 28 heavy (non-hydrogen) atoms. The Morgan fingerprint density at radius 1 is 1.07 bits per heavy atom. The van der Waals surface area contributed by atoms with Crippen LogP contribution in [0.15, 0.2) is 72.9 Å². The number of nitrogens with one attached hydrogen (secondary N) is 1. The van der Waals surface area contributed by atoms with E-state index in [9.17, 15) is 9.59 Å². The number of carbonyl (C=O) groups is 2. The molecule has 0 atom stereocenters. The molecule has 0 aliphatic rings. The van der Waals surface area contributed by atoms with Gasteiger partial charge in [-0.05, 0) is 43.3 Å². The van der Waals surface area contributed by atoms with Crippen molar-refractivity contribution in [1.82, 2.24) is 4.98 Å². The van der Waals surface area contributed by atoms with Crippen LogP contribution in [0.4, 0.5) is 11.4 Å². The van der Waals surface area contributed by atoms with Crippen LogP contribution in [0.2, 0.25) is 0 Å². The van der Waals surface area contributed by atoms with Gasteiger partial charge in [0.15, 0.2) is 0 Å². The SMILES string of the molecule is CCN(C(=O)c1ccnc(C(=O)Nc2ccccc2C#N)c1)c1ccccc1. The summed E-state index contributed by atoms with van der Waals surface area (Å²) in [4.78, 5) is 31.2. The summed E-state index contributed by atoms with van der Waals surface area (Å²) >= 11 is 0. The molecule has 1 N–H and O–H groups in total. The lowest BCUT2D eigenvalue weighted by molar-refractivity contribution is 0.0988. The number of carbonyl (C=O) groups excluding carboxylic acids is 2. The summed E-state index contributed by atoms with van der Waals surface area (Å²) in [6.07, 6.45) is 1.43. The molecule has 1 heterocycles. The Morgan fingerprint density at radius 3 is 2.50 bits per heavy atom. The average molecular weight is 370 g/mol. The number of pyridine rings is 1. The van der Waals surface area contributed by atoms with Crippen molar-refractivity contribution < 1.29 is 9.59 Å². The number of hydrogen-bond acceptors (Lipinski definition) is 4. The van der Waals surface area contributed by atoms with E-state index in [1.54, 1.807) is 35.2 Å². The number of nitriles is 1. The Balaban J connectivity index is 1.84. The summed E-state index contributed by atoms with van der Waals surface area (Å²) in [5, 5.41) is 11.8. The highest BCUT2D eigenvalue weighted by atomic mass is 16.2. The Morgan fingerprint density at radius 2 is 1.79 bits per heavy atom. The molecule has 0 aliphatic carbocycles. The largest absolute Gasteiger partial charge is 0.319 e. The first-order valence-corrected chi connectivity index (χ1v) is 8.77. The van der Waals surface area contributed by atoms with Gasteiger partial charge in [0.05, 0.1) is 11.3 Å². The predicted octanol–water partition coefficient (Wildman–Crippen LogP) is 3.87. The third-order valence-electron chi connectivity index (χ3n) is 4.16. The highest BCUT2D eigenvalue weighted by Gasteiger charge is 2.18. The Hall–Kier alpha value is -3.98. The van der Waals surface area contributed by atoms with Crippen LogP contribution < -0.4 is 10.2 Å². The lowest BCUT2D eigenvalue weighted by atomic mass is 10.1. The molecule has 0 aliphatic heterocycles. The molecule has 2 amide bonds. The van der Waals surface area contributed by atoms with Gasteiger partial charge in [-0.25, -0.2) is 0 Å². The van der Waals surface area contributed by atoms with Gasteiger partial charge in [-0.1, -0.05) is 30.3 Å². The number of hydrogen-bond donors (Lipinski definition) is 1. The molecule has 1 aromatic heterocycles. The minimum atomic E-state index is -0.486. The van der Waals surface area contributed by atoms with Crippen LogP contribution in [-0.2, 0) is 0 Å². The summed E-state index contributed by atoms with van der Waals surface area (Å²) in [5.41, 5.74) is 1.99. The molecular formula is C22H18N4O2. The number of nitrogens with zero attached hydrogens (tertiary/aromatic N) is 3. The summed E-state index contributed by atoms with van der Waals surface area (Å²) in [6, 6.07) is 21.1. The molecule has 0 radical (unpaired) electrons. The van der Waals surface area contributed by atoms with E-state index < -0.39 is 5.91 Å². The van der Waals surface area contributed by atoms with Crippen molar-refractivity contribution in [2.75, 3.05) is 16.8 Å². The molecule has 0 bridgehead atoms. The monoisotopic (exact) mass is 370 g/mol. The molecule has 0 saturated heterocycles. The first-order chi connectivity index (χ1) is 13.6. The summed E-state index contributed by atoms with van der Waals surface area (Å²) < 4.78 is 0. The van der Waals surface area contributed by atoms with E-state index in [4.69, 9.17) is 5.26 Å². The maximum Gasteiger partial charge on any atom is 0.274 e. The number of benzene rings is 2. The lowest BCUT2D eigenvalue weighted by Crippen LogP contribution is -2.31. The molecule has 3 rings (SSSR count). The van der Waals surface area contributed by atoms with Crippen LogP contribution in [0.1, 0.15) is 33.3 Å². The quantitative estimate of drug-likeness (QED) is 0.739. The van der Waals surface area contributed by atoms with Crippen molar-refractivity contribution in [3.8, 4) is 6.07 Å². The fourth-order valence-corrected chi connectivity index (χ4v) is 2.77. The molecule has 0 fully saturated rings. The van der Waals surface area contributed by atoms with Crippen LogP contribution in [-0.4, -0.2) is 23.3 Å². The standard InChI is InChI=1S/C22H18N4O2/c1-2-26(18-9-4-3-5-10-18)22(28)16-12-13-24-20(14-16)21(27)25-19-11-7-6-8-17(19)15-23/h3-14H,2H2,1H3,(H,25,27). The zero-order valence-corrected chi connectivity index (χ0v) is 15.3. The lowest BCUT2D eigenvalue weighted by Gasteiger charge is -2.21. The fourth-order valence-electron chi connectivity index (χ4n) is 2.77. The second-order valence-corrected chi connectivity index (χ2v) is 5.93. The molecule has 0 spiro atoms. The van der Waals surface area contributed by atoms with Gasteiger partial charge in [0.1, 0.15) is 11.8 Å². The van der Waals surface area contributed by atoms with Gasteiger partial charge in [0.25, 0.3) is 11.8 Å². The molecule has 0 saturated carbocycles. The van der Waals surface area contributed by atoms with Gasteiger partial charge in [0.2, 0.25) is 0 Å². The van der Waals surface area contributed by atoms with Crippen molar-refractivity contribution in [2.24, 2.45) is 0 Å². The first kappa shape index (κ1) is 18.8. The van der Waals surface area contributed by atoms with Crippen molar-refractivity contribution in [3.05, 3.63) is 89.7 Å². The first-order valence-electron chi connectivity index (χ1n) is 8.77. The van der Waals surface area contributed by atoms with Gasteiger partial charge in [0, 0.05) is 24.0 Å². The number of rotatable bonds is 5. The van der Waals surface area contributed by atoms with Crippen molar-refractivity contribution in [1.29, 1.82) is 5.26 Å². The molecule has 138 valence electrons. The molecule has 6 heteroatoms. The zero-order valence-electron chi connectivity index (χ0n) is 15.3. The zero-order chi connectivity index (χ0) is 19.9. The predicted molar refractivity (Wildman–Crippen MR) is 107 cm³/mol. The highest BCUT2D eigenvalue weighted by Crippen LogP contribution is 2.18. The van der Waals surface area contributed by atoms with Crippen molar-refractivity contribution in [2.45, 2.75) is 6.92 Å². The van der Waals surface area contributed by atoms with Crippen LogP contribution in [0, 0.1) is 11.3 Å². The maximum atomic E-state index is 12.9. The van der Waals surface area contributed by atoms with E-state index in [1.165, 1.54) is 12.3 Å². The Labute approximate surface area is 163 Å². The number of para-hydroxylation sites is 2. The number of amides is 2. The average Bonchev–Trinajstić information content (AvgIpc) is 2.75. The van der Waals surface area contributed by atoms with Crippen LogP contribution in [0.3, 0.4) is 0 Å². The van der Waals surface area contributed by atoms with Gasteiger partial charge in [-0.3, -0.25) is 14.6 Å². The summed E-state index contributed by atoms with van der Waals surface area (Å²) in [5.74, 6) is -0.706. The summed E-state index contributed by atoms with van der Waals surface area (Å²) in [6.45, 7) is 2.38. The summed E-state index contributed by atoms with van der Waals surface area (Å²) in [7, 11) is 0. The number of aromatic nitrogens is 1. The van der Waals surface area contributed by atoms with E-state index in [2.05, 4.69) is 10.3 Å². The third kappa shape index (κ3) is 4.05. The second kappa shape index (κ2) is 8.60. The van der Waals surface area contributed by atoms with Gasteiger partial charge in [-0.15, -0.1) is 0 Å². The van der Waals surface area contributed by atoms with E-state index >= 15 is 0 Å². The number of anilines is 2. The van der Waals surface area contributed by atoms with Crippen LogP contribution in [0.5, 0.6) is 0 Å². The van der Waals surface area contributed by atoms with Crippen LogP contribution in [0.25, 0.3) is 0 Å². The van der Waals surface area contributed by atoms with Crippen molar-refractivity contribution >= 4 is 23.2 Å². The molecule has 2 aromatic carbocycles. The second-order valence-electron chi connectivity index (χ2n) is 5.93. The smallest absolute Gasteiger partial charge is 0.274 e. The van der Waals surface area contributed by atoms with Crippen LogP contribution >= 0.6 is 0 Å². The maximum absolute atomic E-state index is 12.9. The Bertz CT molecular complexity index is 1040. The van der Waals surface area contributed by atoms with E-state index in [0.717, 1.165) is 5.69 Å². The normalized spacial score (nSPS) is 10.0. The molecule has 6 nitrogen and oxygen atoms in total. The highest BCUT2D eigenvalue weighted by molar-refractivity contribution is 6.09. The van der Waals surface area contributed by atoms with Gasteiger partial charge >= 0.3 is 0 Å². The topological polar surface area (TPSA) is 86.1 Å². The van der Waals surface area contributed by atoms with E-state index in [-0.39, 0.29) is 11.6 Å². The fraction of sp³-hybridized carbons (Fsp3) is 0.0909. The Kier molecular flexibility index (Phi) is 5.78. The minimum Gasteiger partial charge on any atom is -0.319 e. The third-order valence-corrected chi connectivity index (χ3v) is 4.16. The van der Waals surface area contributed by atoms with Gasteiger partial charge < -0.3 is 10.2 Å². The molecule has 3 aromatic rings. The van der Waals surface area contributed by atoms with Crippen molar-refractivity contribution in [3.63, 3.8) is 0 Å². The van der Waals surface area contributed by atoms with E-state index in [0.29, 0.717) is 23.4 Å².